The Morgan fingerprint density at radius 2 is 2.12 bits per heavy atom. The molecule has 0 fully saturated rings. The number of nitrogens with two attached hydrogens (primary N) is 1. The number of hydrogen-bond acceptors (Lipinski definition) is 5. The maximum absolute atomic E-state index is 5.75. The third-order valence-electron chi connectivity index (χ3n) is 2.30. The minimum absolute atomic E-state index is 0.331. The average Bonchev–Trinajstić information content (AvgIpc) is 2.69. The van der Waals surface area contributed by atoms with Crippen molar-refractivity contribution in [3.63, 3.8) is 0 Å². The third kappa shape index (κ3) is 2.04. The second-order valence-electron chi connectivity index (χ2n) is 3.35. The van der Waals surface area contributed by atoms with Crippen LogP contribution in [0.2, 0.25) is 0 Å². The van der Waals surface area contributed by atoms with E-state index in [0.29, 0.717) is 18.9 Å². The van der Waals surface area contributed by atoms with Gasteiger partial charge in [-0.2, -0.15) is 0 Å². The first kappa shape index (κ1) is 10.6. The molecule has 0 spiro atoms. The number of methoxy groups -OCH3 is 1. The van der Waals surface area contributed by atoms with E-state index in [0.717, 1.165) is 16.8 Å². The lowest BCUT2D eigenvalue weighted by molar-refractivity contribution is 0.200. The van der Waals surface area contributed by atoms with Gasteiger partial charge < -0.3 is 15.0 Å². The van der Waals surface area contributed by atoms with E-state index in [2.05, 4.69) is 10.1 Å². The number of ether oxygens (including phenoxy) is 1. The molecule has 84 valence electrons. The fourth-order valence-corrected chi connectivity index (χ4v) is 1.53. The van der Waals surface area contributed by atoms with E-state index >= 15 is 0 Å². The average molecular weight is 219 g/mol. The number of aromatic nitrogens is 2. The molecule has 0 saturated heterocycles. The van der Waals surface area contributed by atoms with Gasteiger partial charge in [0.2, 0.25) is 5.88 Å². The number of anilines is 1. The maximum Gasteiger partial charge on any atom is 0.230 e. The van der Waals surface area contributed by atoms with E-state index < -0.39 is 0 Å². The van der Waals surface area contributed by atoms with E-state index in [1.807, 2.05) is 12.1 Å². The fraction of sp³-hybridized carbons (Fsp3) is 0.273. The highest BCUT2D eigenvalue weighted by molar-refractivity contribution is 5.74. The number of rotatable bonds is 4. The lowest BCUT2D eigenvalue weighted by Gasteiger charge is -2.01. The van der Waals surface area contributed by atoms with Crippen molar-refractivity contribution in [2.75, 3.05) is 19.5 Å². The van der Waals surface area contributed by atoms with Crippen molar-refractivity contribution >= 4 is 5.88 Å². The summed E-state index contributed by atoms with van der Waals surface area (Å²) in [5, 5.41) is 3.93. The summed E-state index contributed by atoms with van der Waals surface area (Å²) >= 11 is 0. The zero-order valence-electron chi connectivity index (χ0n) is 9.01. The van der Waals surface area contributed by atoms with Crippen molar-refractivity contribution in [3.05, 3.63) is 30.2 Å². The van der Waals surface area contributed by atoms with E-state index in [9.17, 15) is 0 Å². The molecule has 16 heavy (non-hydrogen) atoms. The Kier molecular flexibility index (Phi) is 3.16. The van der Waals surface area contributed by atoms with Crippen molar-refractivity contribution < 1.29 is 9.26 Å². The van der Waals surface area contributed by atoms with E-state index in [4.69, 9.17) is 15.0 Å². The molecular weight excluding hydrogens is 206 g/mol. The molecule has 2 aromatic heterocycles. The van der Waals surface area contributed by atoms with Gasteiger partial charge in [-0.1, -0.05) is 5.16 Å². The fourth-order valence-electron chi connectivity index (χ4n) is 1.53. The molecule has 0 aliphatic rings. The van der Waals surface area contributed by atoms with Gasteiger partial charge in [-0.05, 0) is 17.7 Å². The largest absolute Gasteiger partial charge is 0.384 e. The molecule has 5 nitrogen and oxygen atoms in total. The Bertz CT molecular complexity index is 454. The minimum atomic E-state index is 0.331. The molecule has 0 aromatic carbocycles. The zero-order valence-corrected chi connectivity index (χ0v) is 9.01. The van der Waals surface area contributed by atoms with Gasteiger partial charge in [0.15, 0.2) is 0 Å². The van der Waals surface area contributed by atoms with Gasteiger partial charge in [-0.15, -0.1) is 0 Å². The summed E-state index contributed by atoms with van der Waals surface area (Å²) in [4.78, 5) is 3.96. The van der Waals surface area contributed by atoms with E-state index in [1.165, 1.54) is 0 Å². The SMILES string of the molecule is COCCc1noc(N)c1-c1ccncc1. The van der Waals surface area contributed by atoms with E-state index in [-0.39, 0.29) is 0 Å². The number of hydrogen-bond donors (Lipinski definition) is 1. The molecule has 0 saturated carbocycles. The number of nitrogens with zero attached hydrogens (tertiary/aromatic N) is 2. The zero-order chi connectivity index (χ0) is 11.4. The Labute approximate surface area is 93.2 Å². The van der Waals surface area contributed by atoms with Gasteiger partial charge in [0.1, 0.15) is 0 Å². The van der Waals surface area contributed by atoms with Crippen molar-refractivity contribution in [2.45, 2.75) is 6.42 Å². The summed E-state index contributed by atoms with van der Waals surface area (Å²) in [5.41, 5.74) is 8.36. The molecule has 2 N–H and O–H groups in total. The maximum atomic E-state index is 5.75. The molecule has 0 amide bonds. The van der Waals surface area contributed by atoms with Gasteiger partial charge in [-0.3, -0.25) is 4.98 Å². The predicted octanol–water partition coefficient (Wildman–Crippen LogP) is 1.51. The molecule has 0 aliphatic carbocycles. The van der Waals surface area contributed by atoms with Crippen LogP contribution in [0.5, 0.6) is 0 Å². The number of pyridine rings is 1. The highest BCUT2D eigenvalue weighted by atomic mass is 16.5. The summed E-state index contributed by atoms with van der Waals surface area (Å²) in [5.74, 6) is 0.331. The second-order valence-corrected chi connectivity index (χ2v) is 3.35. The molecule has 0 unspecified atom stereocenters. The van der Waals surface area contributed by atoms with Crippen molar-refractivity contribution in [2.24, 2.45) is 0 Å². The minimum Gasteiger partial charge on any atom is -0.384 e. The van der Waals surface area contributed by atoms with Gasteiger partial charge >= 0.3 is 0 Å². The summed E-state index contributed by atoms with van der Waals surface area (Å²) in [7, 11) is 1.65. The van der Waals surface area contributed by atoms with Gasteiger partial charge in [0.25, 0.3) is 0 Å². The Morgan fingerprint density at radius 3 is 2.81 bits per heavy atom. The van der Waals surface area contributed by atoms with E-state index in [1.54, 1.807) is 19.5 Å². The molecule has 0 radical (unpaired) electrons. The van der Waals surface area contributed by atoms with Crippen LogP contribution in [-0.2, 0) is 11.2 Å². The van der Waals surface area contributed by atoms with Crippen LogP contribution in [0.4, 0.5) is 5.88 Å². The second kappa shape index (κ2) is 4.76. The molecule has 2 aromatic rings. The Morgan fingerprint density at radius 1 is 1.38 bits per heavy atom. The molecule has 0 bridgehead atoms. The topological polar surface area (TPSA) is 74.2 Å². The molecule has 2 heterocycles. The molecular formula is C11H13N3O2. The molecule has 5 heteroatoms. The van der Waals surface area contributed by atoms with Crippen LogP contribution in [0.25, 0.3) is 11.1 Å². The van der Waals surface area contributed by atoms with Crippen LogP contribution in [0.3, 0.4) is 0 Å². The van der Waals surface area contributed by atoms with Crippen molar-refractivity contribution in [3.8, 4) is 11.1 Å². The van der Waals surface area contributed by atoms with Gasteiger partial charge in [0, 0.05) is 25.9 Å². The first-order chi connectivity index (χ1) is 7.83. The summed E-state index contributed by atoms with van der Waals surface area (Å²) in [6.45, 7) is 0.587. The standard InChI is InChI=1S/C11H13N3O2/c1-15-7-4-9-10(11(12)16-14-9)8-2-5-13-6-3-8/h2-3,5-6H,4,7,12H2,1H3. The van der Waals surface area contributed by atoms with Gasteiger partial charge in [0.05, 0.1) is 17.9 Å². The monoisotopic (exact) mass is 219 g/mol. The molecule has 0 aliphatic heterocycles. The summed E-state index contributed by atoms with van der Waals surface area (Å²) in [6.07, 6.45) is 4.10. The van der Waals surface area contributed by atoms with Crippen LogP contribution in [0.1, 0.15) is 5.69 Å². The quantitative estimate of drug-likeness (QED) is 0.843. The summed E-state index contributed by atoms with van der Waals surface area (Å²) in [6, 6.07) is 3.75. The van der Waals surface area contributed by atoms with Crippen LogP contribution >= 0.6 is 0 Å². The van der Waals surface area contributed by atoms with Crippen LogP contribution in [-0.4, -0.2) is 23.9 Å². The molecule has 0 atom stereocenters. The summed E-state index contributed by atoms with van der Waals surface area (Å²) < 4.78 is 10.0. The van der Waals surface area contributed by atoms with Crippen LogP contribution in [0.15, 0.2) is 29.0 Å². The Balaban J connectivity index is 2.35. The normalized spacial score (nSPS) is 10.6. The highest BCUT2D eigenvalue weighted by Gasteiger charge is 2.14. The lowest BCUT2D eigenvalue weighted by atomic mass is 10.1. The van der Waals surface area contributed by atoms with Gasteiger partial charge in [-0.25, -0.2) is 0 Å². The first-order valence-corrected chi connectivity index (χ1v) is 4.96. The smallest absolute Gasteiger partial charge is 0.230 e. The highest BCUT2D eigenvalue weighted by Crippen LogP contribution is 2.29. The molecule has 2 rings (SSSR count). The van der Waals surface area contributed by atoms with Crippen LogP contribution < -0.4 is 5.73 Å². The predicted molar refractivity (Wildman–Crippen MR) is 59.7 cm³/mol. The van der Waals surface area contributed by atoms with Crippen molar-refractivity contribution in [1.29, 1.82) is 0 Å². The first-order valence-electron chi connectivity index (χ1n) is 4.96. The third-order valence-corrected chi connectivity index (χ3v) is 2.30. The van der Waals surface area contributed by atoms with Crippen molar-refractivity contribution in [1.82, 2.24) is 10.1 Å². The lowest BCUT2D eigenvalue weighted by Crippen LogP contribution is -1.97. The van der Waals surface area contributed by atoms with Crippen LogP contribution in [0, 0.1) is 0 Å². The Hall–Kier alpha value is -1.88. The number of nitrogen functional groups attached to an aromatic ring is 1.